The van der Waals surface area contributed by atoms with Crippen LogP contribution in [0.4, 0.5) is 0 Å². The van der Waals surface area contributed by atoms with Gasteiger partial charge >= 0.3 is 11.9 Å². The third-order valence-electron chi connectivity index (χ3n) is 5.48. The number of carbonyl (C=O) groups excluding carboxylic acids is 2. The van der Waals surface area contributed by atoms with E-state index >= 15 is 0 Å². The molecule has 0 radical (unpaired) electrons. The Balaban J connectivity index is 2.24. The molecule has 6 nitrogen and oxygen atoms in total. The van der Waals surface area contributed by atoms with E-state index in [1.807, 2.05) is 0 Å². The summed E-state index contributed by atoms with van der Waals surface area (Å²) in [5.41, 5.74) is 0.901. The first kappa shape index (κ1) is 28.1. The summed E-state index contributed by atoms with van der Waals surface area (Å²) in [6.07, 6.45) is 8.98. The van der Waals surface area contributed by atoms with Gasteiger partial charge in [-0.3, -0.25) is 0 Å². The van der Waals surface area contributed by atoms with Gasteiger partial charge in [-0.1, -0.05) is 39.5 Å². The molecule has 6 heteroatoms. The summed E-state index contributed by atoms with van der Waals surface area (Å²) in [5, 5.41) is 0. The summed E-state index contributed by atoms with van der Waals surface area (Å²) < 4.78 is 10.7. The van der Waals surface area contributed by atoms with Gasteiger partial charge in [-0.2, -0.15) is 0 Å². The highest BCUT2D eigenvalue weighted by Crippen LogP contribution is 2.08. The lowest BCUT2D eigenvalue weighted by Gasteiger charge is -2.16. The zero-order valence-corrected chi connectivity index (χ0v) is 20.7. The molecule has 0 atom stereocenters. The van der Waals surface area contributed by atoms with Crippen LogP contribution in [0.25, 0.3) is 0 Å². The van der Waals surface area contributed by atoms with E-state index in [9.17, 15) is 9.59 Å². The third kappa shape index (κ3) is 12.8. The van der Waals surface area contributed by atoms with Gasteiger partial charge in [0.25, 0.3) is 0 Å². The van der Waals surface area contributed by atoms with Gasteiger partial charge in [0, 0.05) is 13.1 Å². The van der Waals surface area contributed by atoms with Gasteiger partial charge in [0.05, 0.1) is 24.3 Å². The van der Waals surface area contributed by atoms with E-state index in [1.54, 1.807) is 24.3 Å². The van der Waals surface area contributed by atoms with Crippen molar-refractivity contribution >= 4 is 11.9 Å². The van der Waals surface area contributed by atoms with Crippen LogP contribution < -0.4 is 0 Å². The molecule has 0 heterocycles. The Bertz CT molecular complexity index is 578. The molecule has 0 aliphatic heterocycles. The van der Waals surface area contributed by atoms with Crippen molar-refractivity contribution in [3.8, 4) is 0 Å². The van der Waals surface area contributed by atoms with Crippen molar-refractivity contribution in [1.82, 2.24) is 9.80 Å². The Morgan fingerprint density at radius 1 is 0.625 bits per heavy atom. The predicted molar refractivity (Wildman–Crippen MR) is 130 cm³/mol. The smallest absolute Gasteiger partial charge is 0.338 e. The van der Waals surface area contributed by atoms with Crippen LogP contribution in [0.3, 0.4) is 0 Å². The zero-order valence-electron chi connectivity index (χ0n) is 20.7. The van der Waals surface area contributed by atoms with Gasteiger partial charge < -0.3 is 19.3 Å². The van der Waals surface area contributed by atoms with Crippen LogP contribution in [-0.4, -0.2) is 75.2 Å². The molecular formula is C26H44N2O4. The van der Waals surface area contributed by atoms with Crippen LogP contribution >= 0.6 is 0 Å². The summed E-state index contributed by atoms with van der Waals surface area (Å²) >= 11 is 0. The lowest BCUT2D eigenvalue weighted by atomic mass is 10.1. The maximum absolute atomic E-state index is 12.2. The zero-order chi connectivity index (χ0) is 23.6. The highest BCUT2D eigenvalue weighted by Gasteiger charge is 2.11. The summed E-state index contributed by atoms with van der Waals surface area (Å²) in [4.78, 5) is 28.9. The molecule has 0 spiro atoms. The number of benzene rings is 1. The molecule has 0 aliphatic carbocycles. The van der Waals surface area contributed by atoms with Crippen molar-refractivity contribution in [2.45, 2.75) is 65.2 Å². The third-order valence-corrected chi connectivity index (χ3v) is 5.48. The molecule has 1 aromatic rings. The van der Waals surface area contributed by atoms with Gasteiger partial charge in [0.2, 0.25) is 0 Å². The first-order valence-corrected chi connectivity index (χ1v) is 12.3. The van der Waals surface area contributed by atoms with Gasteiger partial charge in [0.1, 0.15) is 0 Å². The fourth-order valence-corrected chi connectivity index (χ4v) is 3.39. The quantitative estimate of drug-likeness (QED) is 0.232. The standard InChI is InChI=1S/C26H44N2O4/c1-5-7-9-17-27(3)19-11-21-31-25(29)23-13-15-24(16-14-23)26(30)32-22-12-20-28(4)18-10-8-6-2/h13-16H,5-12,17-22H2,1-4H3. The topological polar surface area (TPSA) is 59.1 Å². The van der Waals surface area contributed by atoms with Gasteiger partial charge in [0.15, 0.2) is 0 Å². The van der Waals surface area contributed by atoms with E-state index in [1.165, 1.54) is 38.5 Å². The molecule has 0 unspecified atom stereocenters. The van der Waals surface area contributed by atoms with Crippen LogP contribution in [0.5, 0.6) is 0 Å². The maximum atomic E-state index is 12.2. The number of nitrogens with zero attached hydrogens (tertiary/aromatic N) is 2. The highest BCUT2D eigenvalue weighted by atomic mass is 16.5. The van der Waals surface area contributed by atoms with Crippen molar-refractivity contribution in [1.29, 1.82) is 0 Å². The average Bonchev–Trinajstić information content (AvgIpc) is 2.79. The molecule has 0 saturated heterocycles. The number of unbranched alkanes of at least 4 members (excludes halogenated alkanes) is 4. The number of hydrogen-bond acceptors (Lipinski definition) is 6. The normalized spacial score (nSPS) is 11.2. The summed E-state index contributed by atoms with van der Waals surface area (Å²) in [5.74, 6) is -0.714. The fourth-order valence-electron chi connectivity index (χ4n) is 3.39. The number of rotatable bonds is 18. The lowest BCUT2D eigenvalue weighted by Crippen LogP contribution is -2.22. The van der Waals surface area contributed by atoms with Crippen molar-refractivity contribution in [2.24, 2.45) is 0 Å². The lowest BCUT2D eigenvalue weighted by molar-refractivity contribution is 0.0476. The molecule has 0 fully saturated rings. The SMILES string of the molecule is CCCCCN(C)CCCOC(=O)c1ccc(C(=O)OCCCN(C)CCCCC)cc1. The minimum Gasteiger partial charge on any atom is -0.462 e. The second kappa shape index (κ2) is 17.6. The molecule has 0 saturated carbocycles. The largest absolute Gasteiger partial charge is 0.462 e. The van der Waals surface area contributed by atoms with Crippen molar-refractivity contribution in [3.63, 3.8) is 0 Å². The minimum absolute atomic E-state index is 0.357. The molecule has 182 valence electrons. The first-order chi connectivity index (χ1) is 15.5. The van der Waals surface area contributed by atoms with Crippen molar-refractivity contribution in [2.75, 3.05) is 53.5 Å². The van der Waals surface area contributed by atoms with Crippen LogP contribution in [0.1, 0.15) is 85.9 Å². The van der Waals surface area contributed by atoms with Crippen LogP contribution in [-0.2, 0) is 9.47 Å². The van der Waals surface area contributed by atoms with E-state index < -0.39 is 0 Å². The fraction of sp³-hybridized carbons (Fsp3) is 0.692. The van der Waals surface area contributed by atoms with Crippen LogP contribution in [0.2, 0.25) is 0 Å². The number of carbonyl (C=O) groups is 2. The van der Waals surface area contributed by atoms with Crippen LogP contribution in [0.15, 0.2) is 24.3 Å². The Kier molecular flexibility index (Phi) is 15.5. The average molecular weight is 449 g/mol. The first-order valence-electron chi connectivity index (χ1n) is 12.3. The van der Waals surface area contributed by atoms with E-state index in [-0.39, 0.29) is 11.9 Å². The van der Waals surface area contributed by atoms with Gasteiger partial charge in [-0.05, 0) is 77.1 Å². The van der Waals surface area contributed by atoms with Gasteiger partial charge in [-0.25, -0.2) is 9.59 Å². The van der Waals surface area contributed by atoms with Crippen molar-refractivity contribution in [3.05, 3.63) is 35.4 Å². The Morgan fingerprint density at radius 2 is 0.969 bits per heavy atom. The number of hydrogen-bond donors (Lipinski definition) is 0. The second-order valence-corrected chi connectivity index (χ2v) is 8.58. The molecule has 0 amide bonds. The molecule has 0 bridgehead atoms. The summed E-state index contributed by atoms with van der Waals surface area (Å²) in [6.45, 7) is 9.17. The van der Waals surface area contributed by atoms with E-state index in [0.717, 1.165) is 39.0 Å². The van der Waals surface area contributed by atoms with Crippen LogP contribution in [0, 0.1) is 0 Å². The molecular weight excluding hydrogens is 404 g/mol. The highest BCUT2D eigenvalue weighted by molar-refractivity contribution is 5.93. The van der Waals surface area contributed by atoms with E-state index in [2.05, 4.69) is 37.7 Å². The monoisotopic (exact) mass is 448 g/mol. The van der Waals surface area contributed by atoms with Crippen molar-refractivity contribution < 1.29 is 19.1 Å². The minimum atomic E-state index is -0.357. The Morgan fingerprint density at radius 3 is 1.31 bits per heavy atom. The molecule has 0 N–H and O–H groups in total. The molecule has 1 aromatic carbocycles. The molecule has 1 rings (SSSR count). The Hall–Kier alpha value is -1.92. The molecule has 0 aliphatic rings. The second-order valence-electron chi connectivity index (χ2n) is 8.58. The number of esters is 2. The Labute approximate surface area is 195 Å². The predicted octanol–water partition coefficient (Wildman–Crippen LogP) is 5.02. The summed E-state index contributed by atoms with van der Waals surface area (Å²) in [6, 6.07) is 6.49. The van der Waals surface area contributed by atoms with E-state index in [4.69, 9.17) is 9.47 Å². The molecule has 0 aromatic heterocycles. The maximum Gasteiger partial charge on any atom is 0.338 e. The number of ether oxygens (including phenoxy) is 2. The molecule has 32 heavy (non-hydrogen) atoms. The van der Waals surface area contributed by atoms with E-state index in [0.29, 0.717) is 24.3 Å². The van der Waals surface area contributed by atoms with Gasteiger partial charge in [-0.15, -0.1) is 0 Å². The summed E-state index contributed by atoms with van der Waals surface area (Å²) in [7, 11) is 4.20.